The third kappa shape index (κ3) is 6.35. The van der Waals surface area contributed by atoms with Crippen molar-refractivity contribution < 1.29 is 19.1 Å². The smallest absolute Gasteiger partial charge is 0.341 e. The molecule has 0 fully saturated rings. The molecule has 1 amide bonds. The zero-order valence-corrected chi connectivity index (χ0v) is 23.5. The topological polar surface area (TPSA) is 95.3 Å². The maximum absolute atomic E-state index is 12.9. The first-order valence-electron chi connectivity index (χ1n) is 12.9. The van der Waals surface area contributed by atoms with Crippen molar-refractivity contribution in [2.75, 3.05) is 17.7 Å². The number of aryl methyl sites for hydroxylation is 2. The Hall–Kier alpha value is -2.85. The molecule has 1 N–H and O–H groups in total. The lowest BCUT2D eigenvalue weighted by atomic mass is 9.95. The molecular weight excluding hydrogens is 508 g/mol. The number of amides is 1. The number of ether oxygens (including phenoxy) is 2. The van der Waals surface area contributed by atoms with E-state index in [1.54, 1.807) is 6.92 Å². The van der Waals surface area contributed by atoms with Gasteiger partial charge in [0, 0.05) is 11.4 Å². The highest BCUT2D eigenvalue weighted by atomic mass is 32.2. The summed E-state index contributed by atoms with van der Waals surface area (Å²) in [6.07, 6.45) is 4.60. The number of thioether (sulfide) groups is 1. The van der Waals surface area contributed by atoms with Crippen LogP contribution < -0.4 is 10.1 Å². The van der Waals surface area contributed by atoms with Crippen LogP contribution >= 0.6 is 23.1 Å². The number of anilines is 1. The van der Waals surface area contributed by atoms with E-state index in [1.165, 1.54) is 33.5 Å². The first-order valence-corrected chi connectivity index (χ1v) is 14.7. The number of thiophene rings is 1. The number of carbonyl (C=O) groups excluding carboxylic acids is 2. The van der Waals surface area contributed by atoms with Gasteiger partial charge in [-0.25, -0.2) is 4.79 Å². The predicted molar refractivity (Wildman–Crippen MR) is 147 cm³/mol. The van der Waals surface area contributed by atoms with E-state index in [1.807, 2.05) is 30.5 Å². The van der Waals surface area contributed by atoms with Gasteiger partial charge in [-0.3, -0.25) is 4.79 Å². The molecule has 3 aromatic rings. The molecule has 0 aliphatic heterocycles. The van der Waals surface area contributed by atoms with Crippen molar-refractivity contribution in [1.82, 2.24) is 14.8 Å². The van der Waals surface area contributed by atoms with Gasteiger partial charge in [0.2, 0.25) is 5.91 Å². The zero-order valence-electron chi connectivity index (χ0n) is 21.8. The summed E-state index contributed by atoms with van der Waals surface area (Å²) >= 11 is 2.81. The maximum Gasteiger partial charge on any atom is 0.341 e. The highest BCUT2D eigenvalue weighted by molar-refractivity contribution is 7.99. The van der Waals surface area contributed by atoms with Crippen molar-refractivity contribution >= 4 is 40.0 Å². The van der Waals surface area contributed by atoms with E-state index >= 15 is 0 Å². The number of nitrogens with zero attached hydrogens (tertiary/aromatic N) is 3. The second-order valence-electron chi connectivity index (χ2n) is 8.81. The van der Waals surface area contributed by atoms with Crippen LogP contribution in [-0.2, 0) is 35.3 Å². The van der Waals surface area contributed by atoms with Crippen molar-refractivity contribution in [3.05, 3.63) is 51.7 Å². The molecule has 2 heterocycles. The van der Waals surface area contributed by atoms with Gasteiger partial charge in [-0.2, -0.15) is 0 Å². The van der Waals surface area contributed by atoms with Gasteiger partial charge in [0.25, 0.3) is 0 Å². The number of benzene rings is 1. The molecule has 10 heteroatoms. The van der Waals surface area contributed by atoms with Gasteiger partial charge in [0.1, 0.15) is 10.8 Å². The molecule has 37 heavy (non-hydrogen) atoms. The maximum atomic E-state index is 12.9. The summed E-state index contributed by atoms with van der Waals surface area (Å²) in [6, 6.07) is 8.05. The quantitative estimate of drug-likeness (QED) is 0.240. The van der Waals surface area contributed by atoms with Gasteiger partial charge in [-0.1, -0.05) is 30.8 Å². The lowest BCUT2D eigenvalue weighted by Crippen LogP contribution is -2.17. The van der Waals surface area contributed by atoms with E-state index in [0.29, 0.717) is 34.7 Å². The number of rotatable bonds is 11. The third-order valence-electron chi connectivity index (χ3n) is 6.31. The Balaban J connectivity index is 1.42. The minimum absolute atomic E-state index is 0.149. The second-order valence-corrected chi connectivity index (χ2v) is 10.9. The Kier molecular flexibility index (Phi) is 9.26. The number of hydrogen-bond donors (Lipinski definition) is 1. The van der Waals surface area contributed by atoms with Crippen molar-refractivity contribution in [2.45, 2.75) is 77.6 Å². The highest BCUT2D eigenvalue weighted by Crippen LogP contribution is 2.38. The number of esters is 1. The van der Waals surface area contributed by atoms with E-state index in [0.717, 1.165) is 43.4 Å². The molecule has 0 saturated carbocycles. The summed E-state index contributed by atoms with van der Waals surface area (Å²) in [4.78, 5) is 26.7. The van der Waals surface area contributed by atoms with Crippen LogP contribution in [0.4, 0.5) is 5.00 Å². The number of carbonyl (C=O) groups is 2. The summed E-state index contributed by atoms with van der Waals surface area (Å²) in [5.41, 5.74) is 2.81. The lowest BCUT2D eigenvalue weighted by Gasteiger charge is -2.16. The van der Waals surface area contributed by atoms with Crippen LogP contribution in [0.2, 0.25) is 0 Å². The molecule has 4 rings (SSSR count). The van der Waals surface area contributed by atoms with Crippen LogP contribution in [0.5, 0.6) is 5.75 Å². The number of nitrogens with one attached hydrogen (secondary N) is 1. The Morgan fingerprint density at radius 3 is 2.59 bits per heavy atom. The Labute approximate surface area is 226 Å². The largest absolute Gasteiger partial charge is 0.483 e. The van der Waals surface area contributed by atoms with Crippen LogP contribution in [0.3, 0.4) is 0 Å². The second kappa shape index (κ2) is 12.6. The summed E-state index contributed by atoms with van der Waals surface area (Å²) in [5.74, 6) is 1.08. The molecule has 1 aromatic carbocycles. The van der Waals surface area contributed by atoms with Crippen LogP contribution in [-0.4, -0.2) is 39.0 Å². The Morgan fingerprint density at radius 2 is 1.89 bits per heavy atom. The molecule has 0 bridgehead atoms. The molecule has 0 radical (unpaired) electrons. The highest BCUT2D eigenvalue weighted by Gasteiger charge is 2.27. The molecule has 0 unspecified atom stereocenters. The van der Waals surface area contributed by atoms with Crippen LogP contribution in [0.25, 0.3) is 0 Å². The fraction of sp³-hybridized carbons (Fsp3) is 0.481. The molecule has 198 valence electrons. The third-order valence-corrected chi connectivity index (χ3v) is 8.48. The molecule has 2 aromatic heterocycles. The summed E-state index contributed by atoms with van der Waals surface area (Å²) in [7, 11) is 0. The standard InChI is InChI=1S/C27H34N4O4S2/c1-5-18-12-14-19(15-13-18)35-17(4)24-29-30-27(31(24)6-2)36-16-22(32)28-25-23(26(33)34-7-3)20-10-8-9-11-21(20)37-25/h12-15,17H,5-11,16H2,1-4H3,(H,28,32)/t17-/m0/s1. The fourth-order valence-corrected chi connectivity index (χ4v) is 6.53. The van der Waals surface area contributed by atoms with Gasteiger partial charge in [-0.15, -0.1) is 21.5 Å². The van der Waals surface area contributed by atoms with Gasteiger partial charge in [0.15, 0.2) is 17.1 Å². The van der Waals surface area contributed by atoms with E-state index in [2.05, 4.69) is 34.6 Å². The van der Waals surface area contributed by atoms with Gasteiger partial charge < -0.3 is 19.4 Å². The molecule has 1 atom stereocenters. The molecule has 0 spiro atoms. The lowest BCUT2D eigenvalue weighted by molar-refractivity contribution is -0.113. The summed E-state index contributed by atoms with van der Waals surface area (Å²) < 4.78 is 13.4. The first-order chi connectivity index (χ1) is 17.9. The average Bonchev–Trinajstić information content (AvgIpc) is 3.48. The molecule has 1 aliphatic carbocycles. The number of fused-ring (bicyclic) bond motifs is 1. The van der Waals surface area contributed by atoms with E-state index in [9.17, 15) is 9.59 Å². The summed E-state index contributed by atoms with van der Waals surface area (Å²) in [5, 5.41) is 12.9. The van der Waals surface area contributed by atoms with Crippen molar-refractivity contribution in [3.8, 4) is 5.75 Å². The minimum Gasteiger partial charge on any atom is -0.483 e. The first kappa shape index (κ1) is 27.2. The number of aromatic nitrogens is 3. The van der Waals surface area contributed by atoms with E-state index in [4.69, 9.17) is 9.47 Å². The summed E-state index contributed by atoms with van der Waals surface area (Å²) in [6.45, 7) is 8.82. The molecular formula is C27H34N4O4S2. The normalized spacial score (nSPS) is 13.6. The molecule has 1 aliphatic rings. The SMILES string of the molecule is CCOC(=O)c1c(NC(=O)CSc2nnc([C@H](C)Oc3ccc(CC)cc3)n2CC)sc2c1CCCC2. The van der Waals surface area contributed by atoms with Crippen molar-refractivity contribution in [2.24, 2.45) is 0 Å². The molecule has 0 saturated heterocycles. The Bertz CT molecular complexity index is 1240. The van der Waals surface area contributed by atoms with Gasteiger partial charge in [-0.05, 0) is 76.1 Å². The van der Waals surface area contributed by atoms with Crippen LogP contribution in [0, 0.1) is 0 Å². The zero-order chi connectivity index (χ0) is 26.4. The average molecular weight is 543 g/mol. The van der Waals surface area contributed by atoms with E-state index < -0.39 is 0 Å². The van der Waals surface area contributed by atoms with Crippen molar-refractivity contribution in [3.63, 3.8) is 0 Å². The van der Waals surface area contributed by atoms with Gasteiger partial charge in [0.05, 0.1) is 17.9 Å². The number of hydrogen-bond acceptors (Lipinski definition) is 8. The van der Waals surface area contributed by atoms with E-state index in [-0.39, 0.29) is 23.7 Å². The van der Waals surface area contributed by atoms with Crippen molar-refractivity contribution in [1.29, 1.82) is 0 Å². The predicted octanol–water partition coefficient (Wildman–Crippen LogP) is 5.85. The molecule has 8 nitrogen and oxygen atoms in total. The van der Waals surface area contributed by atoms with Gasteiger partial charge >= 0.3 is 5.97 Å². The monoisotopic (exact) mass is 542 g/mol. The van der Waals surface area contributed by atoms with Crippen LogP contribution in [0.15, 0.2) is 29.4 Å². The van der Waals surface area contributed by atoms with Crippen LogP contribution in [0.1, 0.15) is 78.8 Å². The Morgan fingerprint density at radius 1 is 1.14 bits per heavy atom. The minimum atomic E-state index is -0.362. The fourth-order valence-electron chi connectivity index (χ4n) is 4.43.